The third-order valence-electron chi connectivity index (χ3n) is 8.52. The molecular weight excluding hydrogens is 742 g/mol. The molecule has 2 aromatic heterocycles. The van der Waals surface area contributed by atoms with E-state index in [1.807, 2.05) is 0 Å². The highest BCUT2D eigenvalue weighted by molar-refractivity contribution is 7.70. The lowest BCUT2D eigenvalue weighted by molar-refractivity contribution is -0.128. The summed E-state index contributed by atoms with van der Waals surface area (Å²) in [6.45, 7) is 2.70. The number of terminal acetylenes is 1. The molecule has 7 N–H and O–H groups in total. The number of nitrogens with one attached hydrogen (secondary N) is 2. The zero-order valence-electron chi connectivity index (χ0n) is 27.2. The summed E-state index contributed by atoms with van der Waals surface area (Å²) in [7, 11) is -9.61. The second-order valence-electron chi connectivity index (χ2n) is 12.1. The molecule has 284 valence electrons. The number of aliphatic hydroxyl groups excluding tert-OH is 2. The van der Waals surface area contributed by atoms with Crippen molar-refractivity contribution >= 4 is 49.6 Å². The number of anilines is 1. The number of amides is 1. The van der Waals surface area contributed by atoms with E-state index in [9.17, 15) is 29.0 Å². The lowest BCUT2D eigenvalue weighted by Gasteiger charge is -2.22. The van der Waals surface area contributed by atoms with E-state index < -0.39 is 52.2 Å². The highest BCUT2D eigenvalue weighted by atomic mass is 35.5. The van der Waals surface area contributed by atoms with E-state index in [-0.39, 0.29) is 47.2 Å². The second kappa shape index (κ2) is 17.7. The number of aromatic nitrogens is 4. The predicted molar refractivity (Wildman–Crippen MR) is 177 cm³/mol. The third kappa shape index (κ3) is 10.6. The van der Waals surface area contributed by atoms with Gasteiger partial charge in [-0.25, -0.2) is 4.68 Å². The molecule has 1 saturated heterocycles. The van der Waals surface area contributed by atoms with E-state index in [4.69, 9.17) is 56.0 Å². The number of ether oxygens (including phenoxy) is 5. The molecule has 1 amide bonds. The van der Waals surface area contributed by atoms with Crippen molar-refractivity contribution in [1.82, 2.24) is 25.1 Å². The Morgan fingerprint density at radius 1 is 1.04 bits per heavy atom. The number of fused-ring (bicyclic) bond motifs is 2. The summed E-state index contributed by atoms with van der Waals surface area (Å²) in [5, 5.41) is 32.0. The first kappa shape index (κ1) is 39.9. The Labute approximate surface area is 297 Å². The Hall–Kier alpha value is -2.31. The molecule has 2 aliphatic carbocycles. The van der Waals surface area contributed by atoms with Gasteiger partial charge in [0, 0.05) is 18.5 Å². The summed E-state index contributed by atoms with van der Waals surface area (Å²) < 4.78 is 56.1. The first-order valence-corrected chi connectivity index (χ1v) is 20.0. The fourth-order valence-electron chi connectivity index (χ4n) is 6.05. The van der Waals surface area contributed by atoms with Crippen LogP contribution in [0.4, 0.5) is 5.82 Å². The van der Waals surface area contributed by atoms with Crippen LogP contribution in [-0.4, -0.2) is 147 Å². The van der Waals surface area contributed by atoms with Gasteiger partial charge in [-0.2, -0.15) is 15.1 Å². The Bertz CT molecular complexity index is 1640. The SMILES string of the molecule is C#CCOCCOCCOCCOCCNC(=O)C1CC2C(Nc3nc(Cl)nc4c3cnn4[C@@H]3O[C@H](COP(=O)(O)CP(=O)(O)O)[C@@H](O)[C@H]3O)C12. The van der Waals surface area contributed by atoms with Gasteiger partial charge in [-0.15, -0.1) is 6.42 Å². The Balaban J connectivity index is 1.04. The molecule has 0 radical (unpaired) electrons. The fraction of sp³-hybridized carbons (Fsp3) is 0.714. The number of rotatable bonds is 22. The normalized spacial score (nSPS) is 28.1. The number of hydrogen-bond donors (Lipinski definition) is 7. The summed E-state index contributed by atoms with van der Waals surface area (Å²) in [5.41, 5.74) is 0.146. The molecule has 2 aromatic rings. The van der Waals surface area contributed by atoms with E-state index in [2.05, 4.69) is 31.6 Å². The molecule has 9 atom stereocenters. The predicted octanol–water partition coefficient (Wildman–Crippen LogP) is -0.702. The van der Waals surface area contributed by atoms with Crippen LogP contribution in [0.15, 0.2) is 6.20 Å². The van der Waals surface area contributed by atoms with E-state index in [0.29, 0.717) is 70.4 Å². The number of aliphatic hydroxyl groups is 2. The van der Waals surface area contributed by atoms with Crippen LogP contribution in [-0.2, 0) is 42.1 Å². The van der Waals surface area contributed by atoms with Gasteiger partial charge in [0.15, 0.2) is 17.8 Å². The van der Waals surface area contributed by atoms with E-state index in [0.717, 1.165) is 4.68 Å². The van der Waals surface area contributed by atoms with Crippen LogP contribution in [0, 0.1) is 30.1 Å². The number of hydrogen-bond acceptors (Lipinski definition) is 15. The zero-order chi connectivity index (χ0) is 36.8. The van der Waals surface area contributed by atoms with Crippen molar-refractivity contribution in [2.24, 2.45) is 17.8 Å². The van der Waals surface area contributed by atoms with Crippen molar-refractivity contribution in [3.63, 3.8) is 0 Å². The van der Waals surface area contributed by atoms with Crippen molar-refractivity contribution in [2.45, 2.75) is 37.0 Å². The molecule has 0 spiro atoms. The summed E-state index contributed by atoms with van der Waals surface area (Å²) in [4.78, 5) is 49.0. The van der Waals surface area contributed by atoms with Gasteiger partial charge in [-0.3, -0.25) is 13.9 Å². The van der Waals surface area contributed by atoms with Crippen molar-refractivity contribution in [1.29, 1.82) is 0 Å². The average molecular weight is 783 g/mol. The number of carbonyl (C=O) groups excluding carboxylic acids is 1. The van der Waals surface area contributed by atoms with Crippen molar-refractivity contribution < 1.29 is 67.0 Å². The van der Waals surface area contributed by atoms with E-state index in [1.165, 1.54) is 6.20 Å². The van der Waals surface area contributed by atoms with E-state index in [1.54, 1.807) is 0 Å². The van der Waals surface area contributed by atoms with Gasteiger partial charge in [0.2, 0.25) is 11.2 Å². The van der Waals surface area contributed by atoms with Crippen LogP contribution in [0.25, 0.3) is 11.0 Å². The minimum atomic E-state index is -4.87. The molecule has 3 fully saturated rings. The molecule has 3 heterocycles. The summed E-state index contributed by atoms with van der Waals surface area (Å²) in [6.07, 6.45) is 1.31. The van der Waals surface area contributed by atoms with Gasteiger partial charge in [0.25, 0.3) is 0 Å². The molecule has 51 heavy (non-hydrogen) atoms. The monoisotopic (exact) mass is 782 g/mol. The maximum atomic E-state index is 12.8. The molecule has 3 aliphatic rings. The third-order valence-corrected chi connectivity index (χ3v) is 12.1. The molecule has 1 aliphatic heterocycles. The molecule has 2 saturated carbocycles. The van der Waals surface area contributed by atoms with Gasteiger partial charge in [-0.1, -0.05) is 5.92 Å². The number of nitrogens with zero attached hydrogens (tertiary/aromatic N) is 4. The van der Waals surface area contributed by atoms with Crippen LogP contribution in [0.5, 0.6) is 0 Å². The highest BCUT2D eigenvalue weighted by Gasteiger charge is 2.65. The van der Waals surface area contributed by atoms with Gasteiger partial charge in [0.05, 0.1) is 64.4 Å². The van der Waals surface area contributed by atoms with Crippen molar-refractivity contribution in [2.75, 3.05) is 77.2 Å². The molecule has 0 bridgehead atoms. The largest absolute Gasteiger partial charge is 0.387 e. The number of carbonyl (C=O) groups is 1. The Morgan fingerprint density at radius 2 is 1.71 bits per heavy atom. The van der Waals surface area contributed by atoms with Crippen molar-refractivity contribution in [3.05, 3.63) is 11.5 Å². The smallest absolute Gasteiger partial charge is 0.340 e. The average Bonchev–Trinajstić information content (AvgIpc) is 3.27. The lowest BCUT2D eigenvalue weighted by Crippen LogP contribution is -2.38. The summed E-state index contributed by atoms with van der Waals surface area (Å²) in [5.74, 6) is 1.41. The van der Waals surface area contributed by atoms with Gasteiger partial charge < -0.3 is 63.7 Å². The van der Waals surface area contributed by atoms with E-state index >= 15 is 0 Å². The minimum absolute atomic E-state index is 0.0508. The lowest BCUT2D eigenvalue weighted by atomic mass is 9.85. The van der Waals surface area contributed by atoms with Gasteiger partial charge in [0.1, 0.15) is 30.7 Å². The van der Waals surface area contributed by atoms with Gasteiger partial charge in [-0.05, 0) is 29.9 Å². The van der Waals surface area contributed by atoms with Crippen LogP contribution in [0.2, 0.25) is 5.28 Å². The zero-order valence-corrected chi connectivity index (χ0v) is 29.8. The molecular formula is C28H41ClN6O14P2. The van der Waals surface area contributed by atoms with Crippen LogP contribution in [0.1, 0.15) is 12.6 Å². The fourth-order valence-corrected chi connectivity index (χ4v) is 8.78. The second-order valence-corrected chi connectivity index (χ2v) is 16.4. The molecule has 0 aromatic carbocycles. The quantitative estimate of drug-likeness (QED) is 0.0337. The highest BCUT2D eigenvalue weighted by Crippen LogP contribution is 2.61. The molecule has 23 heteroatoms. The maximum Gasteiger partial charge on any atom is 0.340 e. The topological polar surface area (TPSA) is 275 Å². The molecule has 5 rings (SSSR count). The van der Waals surface area contributed by atoms with Crippen molar-refractivity contribution in [3.8, 4) is 12.3 Å². The van der Waals surface area contributed by atoms with Crippen LogP contribution >= 0.6 is 26.8 Å². The van der Waals surface area contributed by atoms with Gasteiger partial charge >= 0.3 is 15.2 Å². The standard InChI is InChI=1S/C28H41ClN6O14P2/c1-2-4-44-6-8-46-10-11-47-9-7-45-5-3-30-26(38)17-12-16-20(17)21(16)32-24-18-13-31-35(25(18)34-28(29)33-24)27-23(37)22(36)19(49-27)14-48-51(42,43)15-50(39,40)41/h1,13,16-17,19-23,27,36-37H,3-12,14-15H2,(H,30,38)(H,42,43)(H,32,33,34)(H2,39,40,41)/t16?,17?,19-,20?,21?,22-,23-,27-/m1/s1. The maximum absolute atomic E-state index is 12.8. The Kier molecular flexibility index (Phi) is 13.8. The summed E-state index contributed by atoms with van der Waals surface area (Å²) >= 11 is 6.23. The summed E-state index contributed by atoms with van der Waals surface area (Å²) in [6, 6.07) is -0.0508. The molecule has 5 unspecified atom stereocenters. The number of halogens is 1. The van der Waals surface area contributed by atoms with Crippen LogP contribution < -0.4 is 10.6 Å². The first-order chi connectivity index (χ1) is 24.3. The Morgan fingerprint density at radius 3 is 2.37 bits per heavy atom. The van der Waals surface area contributed by atoms with Crippen LogP contribution in [0.3, 0.4) is 0 Å². The first-order valence-electron chi connectivity index (χ1n) is 16.0. The molecule has 20 nitrogen and oxygen atoms in total. The minimum Gasteiger partial charge on any atom is -0.387 e.